The van der Waals surface area contributed by atoms with Crippen LogP contribution in [0.1, 0.15) is 5.56 Å². The highest BCUT2D eigenvalue weighted by Crippen LogP contribution is 2.16. The van der Waals surface area contributed by atoms with Crippen LogP contribution >= 0.6 is 12.2 Å². The Morgan fingerprint density at radius 2 is 2.15 bits per heavy atom. The maximum absolute atomic E-state index is 10.0. The maximum Gasteiger partial charge on any atom is 0.193 e. The molecule has 0 aliphatic heterocycles. The second-order valence-corrected chi connectivity index (χ2v) is 2.29. The van der Waals surface area contributed by atoms with Gasteiger partial charge in [-0.25, -0.2) is 0 Å². The highest BCUT2D eigenvalue weighted by atomic mass is 32.1. The third kappa shape index (κ3) is 2.64. The smallest absolute Gasteiger partial charge is 0.193 e. The van der Waals surface area contributed by atoms with Crippen LogP contribution in [0.5, 0.6) is 0 Å². The van der Waals surface area contributed by atoms with Gasteiger partial charge in [0.2, 0.25) is 0 Å². The van der Waals surface area contributed by atoms with E-state index < -0.39 is 0 Å². The first-order valence-electron chi connectivity index (χ1n) is 3.50. The number of thiocarbonyl (C=S) groups is 1. The van der Waals surface area contributed by atoms with Crippen molar-refractivity contribution in [1.82, 2.24) is 0 Å². The lowest BCUT2D eigenvalue weighted by atomic mass is 10.2. The normalized spacial score (nSPS) is 7.69. The first-order valence-corrected chi connectivity index (χ1v) is 3.91. The van der Waals surface area contributed by atoms with Gasteiger partial charge in [-0.15, -0.1) is 0 Å². The number of aliphatic imine (C=N–C) groups is 1. The van der Waals surface area contributed by atoms with Crippen molar-refractivity contribution in [2.45, 2.75) is 0 Å². The molecular formula is C10H5NOS. The molecule has 0 unspecified atom stereocenters. The highest BCUT2D eigenvalue weighted by molar-refractivity contribution is 7.78. The van der Waals surface area contributed by atoms with Gasteiger partial charge in [0.1, 0.15) is 0 Å². The van der Waals surface area contributed by atoms with Gasteiger partial charge in [0.15, 0.2) is 6.29 Å². The van der Waals surface area contributed by atoms with Crippen molar-refractivity contribution in [2.24, 2.45) is 4.99 Å². The van der Waals surface area contributed by atoms with Gasteiger partial charge in [-0.05, 0) is 30.3 Å². The Morgan fingerprint density at radius 1 is 1.38 bits per heavy atom. The van der Waals surface area contributed by atoms with E-state index in [1.165, 1.54) is 0 Å². The van der Waals surface area contributed by atoms with E-state index in [0.29, 0.717) is 17.5 Å². The molecule has 0 aliphatic carbocycles. The van der Waals surface area contributed by atoms with Crippen molar-refractivity contribution >= 4 is 29.4 Å². The first kappa shape index (κ1) is 9.34. The number of rotatable bonds is 1. The van der Waals surface area contributed by atoms with Gasteiger partial charge in [-0.2, -0.15) is 4.99 Å². The molecule has 0 atom stereocenters. The van der Waals surface area contributed by atoms with Crippen LogP contribution in [0.2, 0.25) is 0 Å². The van der Waals surface area contributed by atoms with Crippen LogP contribution in [0.25, 0.3) is 0 Å². The Bertz CT molecular complexity index is 422. The summed E-state index contributed by atoms with van der Waals surface area (Å²) in [5.41, 5.74) is 1.30. The summed E-state index contributed by atoms with van der Waals surface area (Å²) < 4.78 is 0. The number of isothiocyanates is 1. The molecule has 1 rings (SSSR count). The van der Waals surface area contributed by atoms with Crippen molar-refractivity contribution in [3.05, 3.63) is 29.8 Å². The summed E-state index contributed by atoms with van der Waals surface area (Å²) in [7, 11) is 0. The van der Waals surface area contributed by atoms with Gasteiger partial charge in [-0.1, -0.05) is 18.1 Å². The van der Waals surface area contributed by atoms with Crippen LogP contribution in [0.4, 0.5) is 5.69 Å². The number of benzene rings is 1. The fraction of sp³-hybridized carbons (Fsp3) is 0. The molecule has 0 amide bonds. The molecule has 62 valence electrons. The number of para-hydroxylation sites is 1. The van der Waals surface area contributed by atoms with Gasteiger partial charge >= 0.3 is 0 Å². The van der Waals surface area contributed by atoms with Crippen molar-refractivity contribution < 1.29 is 4.79 Å². The molecule has 0 N–H and O–H groups in total. The molecule has 3 heteroatoms. The largest absolute Gasteiger partial charge is 0.289 e. The Kier molecular flexibility index (Phi) is 3.59. The van der Waals surface area contributed by atoms with E-state index in [4.69, 9.17) is 0 Å². The number of carbonyl (C=O) groups excluding carboxylic acids is 1. The minimum Gasteiger partial charge on any atom is -0.289 e. The average molecular weight is 187 g/mol. The van der Waals surface area contributed by atoms with E-state index >= 15 is 0 Å². The topological polar surface area (TPSA) is 29.4 Å². The van der Waals surface area contributed by atoms with Gasteiger partial charge in [0, 0.05) is 0 Å². The third-order valence-corrected chi connectivity index (χ3v) is 1.43. The Labute approximate surface area is 81.3 Å². The summed E-state index contributed by atoms with van der Waals surface area (Å²) in [6, 6.07) is 7.16. The zero-order chi connectivity index (χ0) is 9.52. The van der Waals surface area contributed by atoms with E-state index in [0.717, 1.165) is 0 Å². The van der Waals surface area contributed by atoms with Crippen LogP contribution in [-0.4, -0.2) is 11.4 Å². The van der Waals surface area contributed by atoms with E-state index in [-0.39, 0.29) is 0 Å². The Morgan fingerprint density at radius 3 is 2.85 bits per heavy atom. The van der Waals surface area contributed by atoms with Gasteiger partial charge in [0.25, 0.3) is 0 Å². The molecular weight excluding hydrogens is 182 g/mol. The third-order valence-electron chi connectivity index (χ3n) is 1.34. The molecule has 0 aromatic heterocycles. The molecule has 0 heterocycles. The van der Waals surface area contributed by atoms with Crippen molar-refractivity contribution in [1.29, 1.82) is 0 Å². The van der Waals surface area contributed by atoms with E-state index in [9.17, 15) is 4.79 Å². The van der Waals surface area contributed by atoms with Crippen LogP contribution in [0.3, 0.4) is 0 Å². The summed E-state index contributed by atoms with van der Waals surface area (Å²) in [4.78, 5) is 13.8. The lowest BCUT2D eigenvalue weighted by Crippen LogP contribution is -1.75. The standard InChI is InChI=1S/C10H5NOS/c12-7-3-5-9-4-1-2-6-10(9)11-8-13/h1-2,4,6-7H. The number of hydrogen-bond donors (Lipinski definition) is 0. The summed E-state index contributed by atoms with van der Waals surface area (Å²) in [6.45, 7) is 0. The summed E-state index contributed by atoms with van der Waals surface area (Å²) >= 11 is 4.47. The zero-order valence-corrected chi connectivity index (χ0v) is 7.47. The number of carbonyl (C=O) groups is 1. The lowest BCUT2D eigenvalue weighted by Gasteiger charge is -1.93. The minimum absolute atomic E-state index is 0.540. The van der Waals surface area contributed by atoms with Crippen LogP contribution < -0.4 is 0 Å². The van der Waals surface area contributed by atoms with E-state index in [1.54, 1.807) is 12.1 Å². The minimum atomic E-state index is 0.540. The van der Waals surface area contributed by atoms with Gasteiger partial charge in [-0.3, -0.25) is 4.79 Å². The monoisotopic (exact) mass is 187 g/mol. The van der Waals surface area contributed by atoms with E-state index in [1.807, 2.05) is 12.1 Å². The second-order valence-electron chi connectivity index (χ2n) is 2.11. The molecule has 0 saturated heterocycles. The summed E-state index contributed by atoms with van der Waals surface area (Å²) in [5.74, 6) is 4.96. The molecule has 0 radical (unpaired) electrons. The molecule has 2 nitrogen and oxygen atoms in total. The fourth-order valence-corrected chi connectivity index (χ4v) is 0.932. The van der Waals surface area contributed by atoms with E-state index in [2.05, 4.69) is 34.2 Å². The maximum atomic E-state index is 10.0. The predicted molar refractivity (Wildman–Crippen MR) is 54.1 cm³/mol. The number of aldehydes is 1. The molecule has 0 spiro atoms. The second kappa shape index (κ2) is 5.00. The molecule has 13 heavy (non-hydrogen) atoms. The van der Waals surface area contributed by atoms with Crippen LogP contribution in [0, 0.1) is 11.8 Å². The first-order chi connectivity index (χ1) is 6.38. The van der Waals surface area contributed by atoms with Crippen molar-refractivity contribution in [2.75, 3.05) is 0 Å². The van der Waals surface area contributed by atoms with Crippen LogP contribution in [0.15, 0.2) is 29.3 Å². The molecule has 0 fully saturated rings. The molecule has 0 saturated carbocycles. The Balaban J connectivity index is 3.18. The SMILES string of the molecule is O=CC#Cc1ccccc1N=C=S. The lowest BCUT2D eigenvalue weighted by molar-refractivity contribution is -0.103. The highest BCUT2D eigenvalue weighted by Gasteiger charge is 1.93. The summed E-state index contributed by atoms with van der Waals surface area (Å²) in [6.07, 6.45) is 0.540. The van der Waals surface area contributed by atoms with Crippen molar-refractivity contribution in [3.63, 3.8) is 0 Å². The fourth-order valence-electron chi connectivity index (χ4n) is 0.833. The predicted octanol–water partition coefficient (Wildman–Crippen LogP) is 1.97. The Hall–Kier alpha value is -1.75. The quantitative estimate of drug-likeness (QED) is 0.291. The molecule has 1 aromatic carbocycles. The molecule has 0 aliphatic rings. The van der Waals surface area contributed by atoms with Crippen LogP contribution in [-0.2, 0) is 4.79 Å². The average Bonchev–Trinajstić information content (AvgIpc) is 2.17. The van der Waals surface area contributed by atoms with Gasteiger partial charge in [0.05, 0.1) is 16.4 Å². The van der Waals surface area contributed by atoms with Crippen molar-refractivity contribution in [3.8, 4) is 11.8 Å². The number of hydrogen-bond acceptors (Lipinski definition) is 3. The molecule has 0 bridgehead atoms. The van der Waals surface area contributed by atoms with Gasteiger partial charge < -0.3 is 0 Å². The number of nitrogens with zero attached hydrogens (tertiary/aromatic N) is 1. The zero-order valence-electron chi connectivity index (χ0n) is 6.65. The molecule has 1 aromatic rings. The summed E-state index contributed by atoms with van der Waals surface area (Å²) in [5, 5.41) is 2.25.